The van der Waals surface area contributed by atoms with Crippen LogP contribution in [-0.2, 0) is 4.79 Å². The van der Waals surface area contributed by atoms with Crippen LogP contribution >= 0.6 is 0 Å². The van der Waals surface area contributed by atoms with E-state index in [0.717, 1.165) is 39.0 Å². The van der Waals surface area contributed by atoms with Crippen molar-refractivity contribution >= 4 is 5.91 Å². The fourth-order valence-corrected chi connectivity index (χ4v) is 3.35. The number of hydrogen-bond donors (Lipinski definition) is 1. The first kappa shape index (κ1) is 14.8. The molecular weight excluding hydrogens is 238 g/mol. The van der Waals surface area contributed by atoms with E-state index in [-0.39, 0.29) is 0 Å². The second-order valence-electron chi connectivity index (χ2n) is 6.04. The van der Waals surface area contributed by atoms with Gasteiger partial charge in [0.2, 0.25) is 5.91 Å². The van der Waals surface area contributed by atoms with Crippen LogP contribution in [0.25, 0.3) is 0 Å². The van der Waals surface area contributed by atoms with Gasteiger partial charge in [-0.3, -0.25) is 9.69 Å². The molecule has 2 rings (SSSR count). The molecule has 4 heteroatoms. The van der Waals surface area contributed by atoms with Gasteiger partial charge in [0.15, 0.2) is 0 Å². The Balaban J connectivity index is 1.83. The Bertz CT molecular complexity index is 289. The molecule has 0 aromatic rings. The zero-order valence-corrected chi connectivity index (χ0v) is 12.5. The summed E-state index contributed by atoms with van der Waals surface area (Å²) in [6, 6.07) is 1.32. The van der Waals surface area contributed by atoms with E-state index in [4.69, 9.17) is 0 Å². The lowest BCUT2D eigenvalue weighted by atomic mass is 10.1. The molecule has 1 N–H and O–H groups in total. The monoisotopic (exact) mass is 267 g/mol. The minimum Gasteiger partial charge on any atom is -0.342 e. The number of fused-ring (bicyclic) bond motifs is 2. The van der Waals surface area contributed by atoms with E-state index in [1.54, 1.807) is 0 Å². The first-order valence-electron chi connectivity index (χ1n) is 7.99. The highest BCUT2D eigenvalue weighted by Crippen LogP contribution is 2.20. The van der Waals surface area contributed by atoms with Crippen molar-refractivity contribution in [3.63, 3.8) is 0 Å². The predicted octanol–water partition coefficient (Wildman–Crippen LogP) is 1.46. The Morgan fingerprint density at radius 1 is 1.16 bits per heavy atom. The SMILES string of the molecule is CCCN(CCC)C(=O)CN1CCC2CCC(C1)N2. The third-order valence-electron chi connectivity index (χ3n) is 4.31. The molecule has 2 fully saturated rings. The van der Waals surface area contributed by atoms with Gasteiger partial charge in [0.05, 0.1) is 6.54 Å². The van der Waals surface area contributed by atoms with Crippen LogP contribution in [0.4, 0.5) is 0 Å². The maximum Gasteiger partial charge on any atom is 0.236 e. The zero-order chi connectivity index (χ0) is 13.7. The van der Waals surface area contributed by atoms with Gasteiger partial charge in [-0.25, -0.2) is 0 Å². The molecule has 2 aliphatic rings. The van der Waals surface area contributed by atoms with Crippen molar-refractivity contribution in [2.45, 2.75) is 58.0 Å². The van der Waals surface area contributed by atoms with Crippen LogP contribution < -0.4 is 5.32 Å². The van der Waals surface area contributed by atoms with Crippen LogP contribution in [0.5, 0.6) is 0 Å². The molecule has 110 valence electrons. The Morgan fingerprint density at radius 2 is 1.84 bits per heavy atom. The number of amides is 1. The summed E-state index contributed by atoms with van der Waals surface area (Å²) in [6.07, 6.45) is 5.91. The van der Waals surface area contributed by atoms with E-state index < -0.39 is 0 Å². The highest BCUT2D eigenvalue weighted by Gasteiger charge is 2.30. The van der Waals surface area contributed by atoms with E-state index in [1.807, 2.05) is 4.90 Å². The molecule has 2 bridgehead atoms. The number of rotatable bonds is 6. The van der Waals surface area contributed by atoms with Crippen molar-refractivity contribution in [2.24, 2.45) is 0 Å². The Hall–Kier alpha value is -0.610. The second-order valence-corrected chi connectivity index (χ2v) is 6.04. The molecule has 0 spiro atoms. The maximum absolute atomic E-state index is 12.4. The molecule has 2 unspecified atom stereocenters. The van der Waals surface area contributed by atoms with Gasteiger partial charge < -0.3 is 10.2 Å². The quantitative estimate of drug-likeness (QED) is 0.791. The number of carbonyl (C=O) groups is 1. The van der Waals surface area contributed by atoms with Crippen LogP contribution in [-0.4, -0.2) is 60.5 Å². The van der Waals surface area contributed by atoms with Crippen molar-refractivity contribution in [3.05, 3.63) is 0 Å². The lowest BCUT2D eigenvalue weighted by Crippen LogP contribution is -2.44. The summed E-state index contributed by atoms with van der Waals surface area (Å²) >= 11 is 0. The molecule has 0 saturated carbocycles. The fraction of sp³-hybridized carbons (Fsp3) is 0.933. The van der Waals surface area contributed by atoms with Crippen LogP contribution in [0.1, 0.15) is 46.0 Å². The first-order valence-corrected chi connectivity index (χ1v) is 7.99. The summed E-state index contributed by atoms with van der Waals surface area (Å²) in [5.41, 5.74) is 0. The van der Waals surface area contributed by atoms with Crippen molar-refractivity contribution in [1.29, 1.82) is 0 Å². The Kier molecular flexibility index (Phi) is 5.64. The van der Waals surface area contributed by atoms with Gasteiger partial charge in [-0.2, -0.15) is 0 Å². The summed E-state index contributed by atoms with van der Waals surface area (Å²) in [7, 11) is 0. The lowest BCUT2D eigenvalue weighted by molar-refractivity contribution is -0.132. The van der Waals surface area contributed by atoms with Gasteiger partial charge in [0.1, 0.15) is 0 Å². The number of hydrogen-bond acceptors (Lipinski definition) is 3. The van der Waals surface area contributed by atoms with E-state index >= 15 is 0 Å². The van der Waals surface area contributed by atoms with Crippen molar-refractivity contribution < 1.29 is 4.79 Å². The average molecular weight is 267 g/mol. The number of carbonyl (C=O) groups excluding carboxylic acids is 1. The van der Waals surface area contributed by atoms with Crippen molar-refractivity contribution in [1.82, 2.24) is 15.1 Å². The Morgan fingerprint density at radius 3 is 2.53 bits per heavy atom. The largest absolute Gasteiger partial charge is 0.342 e. The van der Waals surface area contributed by atoms with Crippen molar-refractivity contribution in [2.75, 3.05) is 32.7 Å². The fourth-order valence-electron chi connectivity index (χ4n) is 3.35. The van der Waals surface area contributed by atoms with E-state index in [2.05, 4.69) is 24.1 Å². The van der Waals surface area contributed by atoms with Crippen molar-refractivity contribution in [3.8, 4) is 0 Å². The molecule has 2 atom stereocenters. The topological polar surface area (TPSA) is 35.6 Å². The molecule has 2 saturated heterocycles. The molecule has 2 aliphatic heterocycles. The lowest BCUT2D eigenvalue weighted by Gasteiger charge is -2.28. The molecule has 1 amide bonds. The third-order valence-corrected chi connectivity index (χ3v) is 4.31. The average Bonchev–Trinajstić information content (AvgIpc) is 2.72. The van der Waals surface area contributed by atoms with Crippen LogP contribution in [0.2, 0.25) is 0 Å². The van der Waals surface area contributed by atoms with Gasteiger partial charge >= 0.3 is 0 Å². The van der Waals surface area contributed by atoms with E-state index in [9.17, 15) is 4.79 Å². The van der Waals surface area contributed by atoms with E-state index in [0.29, 0.717) is 24.5 Å². The Labute approximate surface area is 117 Å². The van der Waals surface area contributed by atoms with Crippen LogP contribution in [0, 0.1) is 0 Å². The molecule has 19 heavy (non-hydrogen) atoms. The summed E-state index contributed by atoms with van der Waals surface area (Å²) in [5, 5.41) is 3.67. The van der Waals surface area contributed by atoms with Gasteiger partial charge in [-0.15, -0.1) is 0 Å². The third kappa shape index (κ3) is 4.18. The predicted molar refractivity (Wildman–Crippen MR) is 78.2 cm³/mol. The summed E-state index contributed by atoms with van der Waals surface area (Å²) in [5.74, 6) is 0.321. The number of nitrogens with one attached hydrogen (secondary N) is 1. The highest BCUT2D eigenvalue weighted by atomic mass is 16.2. The van der Waals surface area contributed by atoms with Gasteiger partial charge in [0.25, 0.3) is 0 Å². The zero-order valence-electron chi connectivity index (χ0n) is 12.5. The van der Waals surface area contributed by atoms with E-state index in [1.165, 1.54) is 19.3 Å². The highest BCUT2D eigenvalue weighted by molar-refractivity contribution is 5.78. The second kappa shape index (κ2) is 7.25. The maximum atomic E-state index is 12.4. The normalized spacial score (nSPS) is 27.3. The molecule has 0 radical (unpaired) electrons. The smallest absolute Gasteiger partial charge is 0.236 e. The number of likely N-dealkylation sites (tertiary alicyclic amines) is 1. The summed E-state index contributed by atoms with van der Waals surface area (Å²) in [6.45, 7) is 8.84. The van der Waals surface area contributed by atoms with Crippen LogP contribution in [0.15, 0.2) is 0 Å². The molecule has 2 heterocycles. The first-order chi connectivity index (χ1) is 9.22. The molecule has 0 aliphatic carbocycles. The summed E-state index contributed by atoms with van der Waals surface area (Å²) < 4.78 is 0. The van der Waals surface area contributed by atoms with Gasteiger partial charge in [0, 0.05) is 38.3 Å². The molecular formula is C15H29N3O. The minimum absolute atomic E-state index is 0.321. The standard InChI is InChI=1S/C15H29N3O/c1-3-8-18(9-4-2)15(19)12-17-10-7-13-5-6-14(11-17)16-13/h13-14,16H,3-12H2,1-2H3. The molecule has 4 nitrogen and oxygen atoms in total. The van der Waals surface area contributed by atoms with Crippen LogP contribution in [0.3, 0.4) is 0 Å². The molecule has 0 aromatic carbocycles. The van der Waals surface area contributed by atoms with Gasteiger partial charge in [-0.1, -0.05) is 13.8 Å². The minimum atomic E-state index is 0.321. The van der Waals surface area contributed by atoms with Gasteiger partial charge in [-0.05, 0) is 32.1 Å². The molecule has 0 aromatic heterocycles. The number of nitrogens with zero attached hydrogens (tertiary/aromatic N) is 2. The summed E-state index contributed by atoms with van der Waals surface area (Å²) in [4.78, 5) is 16.8.